The van der Waals surface area contributed by atoms with Crippen molar-refractivity contribution in [1.29, 1.82) is 0 Å². The van der Waals surface area contributed by atoms with Crippen molar-refractivity contribution in [2.45, 2.75) is 65.0 Å². The van der Waals surface area contributed by atoms with E-state index in [1.807, 2.05) is 13.0 Å². The molecule has 0 spiro atoms. The molecule has 4 nitrogen and oxygen atoms in total. The summed E-state index contributed by atoms with van der Waals surface area (Å²) in [5.74, 6) is 2.65. The van der Waals surface area contributed by atoms with Crippen molar-refractivity contribution in [3.63, 3.8) is 0 Å². The van der Waals surface area contributed by atoms with Crippen LogP contribution in [0.3, 0.4) is 0 Å². The van der Waals surface area contributed by atoms with Crippen molar-refractivity contribution >= 4 is 11.6 Å². The summed E-state index contributed by atoms with van der Waals surface area (Å²) < 4.78 is 0. The fraction of sp³-hybridized carbons (Fsp3) is 0.714. The number of rotatable bonds is 3. The molecule has 1 fully saturated rings. The Labute approximate surface area is 110 Å². The minimum absolute atomic E-state index is 0.0193. The van der Waals surface area contributed by atoms with E-state index in [0.717, 1.165) is 17.5 Å². The van der Waals surface area contributed by atoms with Crippen LogP contribution in [0.15, 0.2) is 6.07 Å². The van der Waals surface area contributed by atoms with Gasteiger partial charge in [0.05, 0.1) is 0 Å². The molecular weight excluding hydrogens is 224 g/mol. The number of aromatic nitrogens is 2. The van der Waals surface area contributed by atoms with Crippen LogP contribution in [0.1, 0.15) is 52.3 Å². The van der Waals surface area contributed by atoms with E-state index in [0.29, 0.717) is 6.04 Å². The van der Waals surface area contributed by atoms with E-state index < -0.39 is 0 Å². The summed E-state index contributed by atoms with van der Waals surface area (Å²) in [7, 11) is 0. The summed E-state index contributed by atoms with van der Waals surface area (Å²) in [6, 6.07) is 2.60. The molecule has 0 saturated heterocycles. The van der Waals surface area contributed by atoms with E-state index in [9.17, 15) is 0 Å². The van der Waals surface area contributed by atoms with Gasteiger partial charge >= 0.3 is 0 Å². The third-order valence-electron chi connectivity index (χ3n) is 3.05. The van der Waals surface area contributed by atoms with Crippen LogP contribution in [-0.2, 0) is 0 Å². The number of hydrogen-bond donors (Lipinski definition) is 2. The molecule has 0 amide bonds. The SMILES string of the molecule is Cc1nc(NC2CCCC2)cc(NC(C)(C)C)n1. The van der Waals surface area contributed by atoms with Crippen LogP contribution in [0.2, 0.25) is 0 Å². The van der Waals surface area contributed by atoms with Crippen LogP contribution in [0, 0.1) is 6.92 Å². The largest absolute Gasteiger partial charge is 0.367 e. The van der Waals surface area contributed by atoms with Crippen molar-refractivity contribution < 1.29 is 0 Å². The molecule has 1 saturated carbocycles. The molecule has 100 valence electrons. The molecule has 4 heteroatoms. The van der Waals surface area contributed by atoms with Gasteiger partial charge in [-0.25, -0.2) is 9.97 Å². The quantitative estimate of drug-likeness (QED) is 0.861. The second kappa shape index (κ2) is 5.12. The van der Waals surface area contributed by atoms with Gasteiger partial charge in [0.1, 0.15) is 17.5 Å². The highest BCUT2D eigenvalue weighted by Gasteiger charge is 2.16. The lowest BCUT2D eigenvalue weighted by molar-refractivity contribution is 0.629. The average Bonchev–Trinajstić information content (AvgIpc) is 2.66. The van der Waals surface area contributed by atoms with Gasteiger partial charge in [-0.15, -0.1) is 0 Å². The lowest BCUT2D eigenvalue weighted by Crippen LogP contribution is -2.27. The monoisotopic (exact) mass is 248 g/mol. The molecule has 0 bridgehead atoms. The van der Waals surface area contributed by atoms with Gasteiger partial charge in [-0.3, -0.25) is 0 Å². The van der Waals surface area contributed by atoms with Gasteiger partial charge < -0.3 is 10.6 Å². The summed E-state index contributed by atoms with van der Waals surface area (Å²) in [6.07, 6.45) is 5.17. The number of anilines is 2. The predicted octanol–water partition coefficient (Wildman–Crippen LogP) is 3.35. The molecule has 2 N–H and O–H groups in total. The molecule has 0 atom stereocenters. The lowest BCUT2D eigenvalue weighted by atomic mass is 10.1. The molecule has 1 heterocycles. The smallest absolute Gasteiger partial charge is 0.132 e. The number of nitrogens with zero attached hydrogens (tertiary/aromatic N) is 2. The Balaban J connectivity index is 2.10. The van der Waals surface area contributed by atoms with E-state index in [4.69, 9.17) is 0 Å². The average molecular weight is 248 g/mol. The van der Waals surface area contributed by atoms with Crippen molar-refractivity contribution in [2.75, 3.05) is 10.6 Å². The molecule has 0 radical (unpaired) electrons. The summed E-state index contributed by atoms with van der Waals surface area (Å²) in [5.41, 5.74) is 0.0193. The zero-order chi connectivity index (χ0) is 13.2. The molecule has 0 unspecified atom stereocenters. The molecule has 18 heavy (non-hydrogen) atoms. The second-order valence-electron chi connectivity index (χ2n) is 6.19. The number of hydrogen-bond acceptors (Lipinski definition) is 4. The maximum absolute atomic E-state index is 4.47. The van der Waals surface area contributed by atoms with Crippen LogP contribution in [0.5, 0.6) is 0 Å². The highest BCUT2D eigenvalue weighted by Crippen LogP contribution is 2.23. The number of aryl methyl sites for hydroxylation is 1. The zero-order valence-corrected chi connectivity index (χ0v) is 11.9. The maximum atomic E-state index is 4.47. The summed E-state index contributed by atoms with van der Waals surface area (Å²) in [5, 5.41) is 6.91. The van der Waals surface area contributed by atoms with Crippen molar-refractivity contribution in [2.24, 2.45) is 0 Å². The first-order valence-electron chi connectivity index (χ1n) is 6.83. The molecule has 1 aromatic heterocycles. The Bertz CT molecular complexity index is 403. The normalized spacial score (nSPS) is 16.9. The molecule has 1 aliphatic rings. The standard InChI is InChI=1S/C14H24N4/c1-10-15-12(17-11-7-5-6-8-11)9-13(16-10)18-14(2,3)4/h9,11H,5-8H2,1-4H3,(H2,15,16,17,18). The summed E-state index contributed by atoms with van der Waals surface area (Å²) >= 11 is 0. The van der Waals surface area contributed by atoms with E-state index in [-0.39, 0.29) is 5.54 Å². The third-order valence-corrected chi connectivity index (χ3v) is 3.05. The van der Waals surface area contributed by atoms with Crippen molar-refractivity contribution in [3.05, 3.63) is 11.9 Å². The van der Waals surface area contributed by atoms with Gasteiger partial charge in [-0.05, 0) is 40.5 Å². The maximum Gasteiger partial charge on any atom is 0.132 e. The molecule has 1 aliphatic carbocycles. The van der Waals surface area contributed by atoms with Crippen molar-refractivity contribution in [3.8, 4) is 0 Å². The van der Waals surface area contributed by atoms with Crippen LogP contribution in [0.25, 0.3) is 0 Å². The van der Waals surface area contributed by atoms with Crippen LogP contribution in [-0.4, -0.2) is 21.5 Å². The van der Waals surface area contributed by atoms with Crippen LogP contribution < -0.4 is 10.6 Å². The Kier molecular flexibility index (Phi) is 3.73. The minimum atomic E-state index is 0.0193. The Hall–Kier alpha value is -1.32. The summed E-state index contributed by atoms with van der Waals surface area (Å²) in [6.45, 7) is 8.34. The molecule has 0 aromatic carbocycles. The lowest BCUT2D eigenvalue weighted by Gasteiger charge is -2.22. The first-order valence-corrected chi connectivity index (χ1v) is 6.83. The molecule has 1 aromatic rings. The summed E-state index contributed by atoms with van der Waals surface area (Å²) in [4.78, 5) is 8.90. The van der Waals surface area contributed by atoms with Gasteiger partial charge in [-0.2, -0.15) is 0 Å². The van der Waals surface area contributed by atoms with Gasteiger partial charge in [0.15, 0.2) is 0 Å². The fourth-order valence-corrected chi connectivity index (χ4v) is 2.37. The van der Waals surface area contributed by atoms with Crippen molar-refractivity contribution in [1.82, 2.24) is 9.97 Å². The van der Waals surface area contributed by atoms with E-state index in [1.54, 1.807) is 0 Å². The van der Waals surface area contributed by atoms with Crippen LogP contribution >= 0.6 is 0 Å². The Morgan fingerprint density at radius 3 is 2.33 bits per heavy atom. The topological polar surface area (TPSA) is 49.8 Å². The van der Waals surface area contributed by atoms with E-state index >= 15 is 0 Å². The van der Waals surface area contributed by atoms with E-state index in [2.05, 4.69) is 41.4 Å². The first kappa shape index (κ1) is 13.1. The first-order chi connectivity index (χ1) is 8.42. The zero-order valence-electron chi connectivity index (χ0n) is 11.9. The molecular formula is C14H24N4. The predicted molar refractivity (Wildman–Crippen MR) is 76.0 cm³/mol. The molecule has 0 aliphatic heterocycles. The second-order valence-corrected chi connectivity index (χ2v) is 6.19. The van der Waals surface area contributed by atoms with Gasteiger partial charge in [0, 0.05) is 17.6 Å². The highest BCUT2D eigenvalue weighted by molar-refractivity contribution is 5.49. The van der Waals surface area contributed by atoms with Gasteiger partial charge in [0.2, 0.25) is 0 Å². The van der Waals surface area contributed by atoms with Gasteiger partial charge in [0.25, 0.3) is 0 Å². The Morgan fingerprint density at radius 1 is 1.11 bits per heavy atom. The number of nitrogens with one attached hydrogen (secondary N) is 2. The fourth-order valence-electron chi connectivity index (χ4n) is 2.37. The molecule has 2 rings (SSSR count). The highest BCUT2D eigenvalue weighted by atomic mass is 15.1. The van der Waals surface area contributed by atoms with E-state index in [1.165, 1.54) is 25.7 Å². The Morgan fingerprint density at radius 2 is 1.72 bits per heavy atom. The van der Waals surface area contributed by atoms with Gasteiger partial charge in [-0.1, -0.05) is 12.8 Å². The third kappa shape index (κ3) is 3.86. The minimum Gasteiger partial charge on any atom is -0.367 e. The van der Waals surface area contributed by atoms with Crippen LogP contribution in [0.4, 0.5) is 11.6 Å².